The number of morpholine rings is 1. The minimum Gasteiger partial charge on any atom is -0.480 e. The van der Waals surface area contributed by atoms with Crippen molar-refractivity contribution in [2.75, 3.05) is 39.4 Å². The fraction of sp³-hybridized carbons (Fsp3) is 0.538. The zero-order valence-electron chi connectivity index (χ0n) is 11.0. The normalized spacial score (nSPS) is 19.7. The largest absolute Gasteiger partial charge is 0.480 e. The Hall–Kier alpha value is -1.66. The Balaban J connectivity index is 2.63. The summed E-state index contributed by atoms with van der Waals surface area (Å²) in [7, 11) is 0. The first kappa shape index (κ1) is 15.4. The summed E-state index contributed by atoms with van der Waals surface area (Å²) in [4.78, 5) is 26.4. The first-order valence-corrected chi connectivity index (χ1v) is 6.14. The molecular weight excluding hydrogens is 248 g/mol. The molecule has 1 atom stereocenters. The van der Waals surface area contributed by atoms with Crippen LogP contribution in [0.1, 0.15) is 0 Å². The van der Waals surface area contributed by atoms with Crippen LogP contribution in [0.3, 0.4) is 0 Å². The zero-order valence-corrected chi connectivity index (χ0v) is 11.0. The zero-order chi connectivity index (χ0) is 14.3. The van der Waals surface area contributed by atoms with Crippen LogP contribution in [0, 0.1) is 0 Å². The maximum Gasteiger partial charge on any atom is 0.323 e. The molecule has 0 aromatic heterocycles. The molecule has 0 aromatic carbocycles. The molecule has 1 amide bonds. The van der Waals surface area contributed by atoms with E-state index in [-0.39, 0.29) is 19.1 Å². The quantitative estimate of drug-likeness (QED) is 0.657. The Morgan fingerprint density at radius 1 is 1.37 bits per heavy atom. The Labute approximate surface area is 112 Å². The lowest BCUT2D eigenvalue weighted by atomic mass is 10.2. The van der Waals surface area contributed by atoms with Crippen molar-refractivity contribution in [1.82, 2.24) is 9.80 Å². The van der Waals surface area contributed by atoms with E-state index in [2.05, 4.69) is 13.2 Å². The van der Waals surface area contributed by atoms with Crippen LogP contribution in [0.4, 0.5) is 0 Å². The van der Waals surface area contributed by atoms with Gasteiger partial charge in [0, 0.05) is 19.6 Å². The average Bonchev–Trinajstić information content (AvgIpc) is 2.38. The molecule has 0 spiro atoms. The number of carboxylic acid groups (broad SMARTS) is 1. The molecule has 0 aliphatic carbocycles. The van der Waals surface area contributed by atoms with Crippen LogP contribution in [-0.4, -0.2) is 72.2 Å². The van der Waals surface area contributed by atoms with E-state index < -0.39 is 12.0 Å². The van der Waals surface area contributed by atoms with E-state index >= 15 is 0 Å². The summed E-state index contributed by atoms with van der Waals surface area (Å²) in [5.74, 6) is -1.10. The minimum absolute atomic E-state index is 0.0714. The van der Waals surface area contributed by atoms with E-state index in [1.54, 1.807) is 22.0 Å². The first-order chi connectivity index (χ1) is 9.10. The fourth-order valence-corrected chi connectivity index (χ4v) is 1.92. The van der Waals surface area contributed by atoms with Crippen LogP contribution in [0.25, 0.3) is 0 Å². The maximum absolute atomic E-state index is 12.1. The van der Waals surface area contributed by atoms with Crippen molar-refractivity contribution >= 4 is 11.9 Å². The second-order valence-electron chi connectivity index (χ2n) is 4.28. The van der Waals surface area contributed by atoms with Crippen LogP contribution in [0.5, 0.6) is 0 Å². The van der Waals surface area contributed by atoms with Crippen molar-refractivity contribution in [3.05, 3.63) is 25.3 Å². The molecule has 1 saturated heterocycles. The highest BCUT2D eigenvalue weighted by Gasteiger charge is 2.31. The lowest BCUT2D eigenvalue weighted by Gasteiger charge is -2.33. The van der Waals surface area contributed by atoms with Crippen LogP contribution < -0.4 is 0 Å². The second kappa shape index (κ2) is 7.70. The lowest BCUT2D eigenvalue weighted by Crippen LogP contribution is -2.53. The SMILES string of the molecule is C=CCN(CC=C)C(=O)CN1CCOCC1C(=O)O. The lowest BCUT2D eigenvalue weighted by molar-refractivity contribution is -0.151. The van der Waals surface area contributed by atoms with Gasteiger partial charge in [-0.05, 0) is 0 Å². The van der Waals surface area contributed by atoms with Gasteiger partial charge < -0.3 is 14.7 Å². The molecule has 0 aromatic rings. The predicted octanol–water partition coefficient (Wildman–Crippen LogP) is -0.0276. The van der Waals surface area contributed by atoms with Gasteiger partial charge in [-0.25, -0.2) is 0 Å². The van der Waals surface area contributed by atoms with Crippen LogP contribution in [0.15, 0.2) is 25.3 Å². The maximum atomic E-state index is 12.1. The monoisotopic (exact) mass is 268 g/mol. The molecule has 1 heterocycles. The number of amides is 1. The summed E-state index contributed by atoms with van der Waals surface area (Å²) in [5.41, 5.74) is 0. The highest BCUT2D eigenvalue weighted by molar-refractivity contribution is 5.80. The Bertz CT molecular complexity index is 347. The van der Waals surface area contributed by atoms with E-state index in [4.69, 9.17) is 9.84 Å². The van der Waals surface area contributed by atoms with E-state index in [9.17, 15) is 9.59 Å². The Morgan fingerprint density at radius 2 is 2.00 bits per heavy atom. The highest BCUT2D eigenvalue weighted by atomic mass is 16.5. The molecule has 1 aliphatic heterocycles. The van der Waals surface area contributed by atoms with Gasteiger partial charge in [0.1, 0.15) is 6.04 Å². The number of carbonyl (C=O) groups excluding carboxylic acids is 1. The Kier molecular flexibility index (Phi) is 6.24. The summed E-state index contributed by atoms with van der Waals surface area (Å²) in [6.07, 6.45) is 3.27. The minimum atomic E-state index is -0.966. The molecule has 6 heteroatoms. The second-order valence-corrected chi connectivity index (χ2v) is 4.28. The van der Waals surface area contributed by atoms with E-state index in [1.165, 1.54) is 0 Å². The first-order valence-electron chi connectivity index (χ1n) is 6.14. The molecule has 1 N–H and O–H groups in total. The molecule has 1 aliphatic rings. The van der Waals surface area contributed by atoms with E-state index in [0.717, 1.165) is 0 Å². The van der Waals surface area contributed by atoms with Gasteiger partial charge in [-0.1, -0.05) is 12.2 Å². The summed E-state index contributed by atoms with van der Waals surface area (Å²) in [6.45, 7) is 9.12. The van der Waals surface area contributed by atoms with E-state index in [0.29, 0.717) is 26.2 Å². The molecule has 6 nitrogen and oxygen atoms in total. The molecule has 106 valence electrons. The average molecular weight is 268 g/mol. The van der Waals surface area contributed by atoms with Crippen molar-refractivity contribution in [2.45, 2.75) is 6.04 Å². The van der Waals surface area contributed by atoms with Gasteiger partial charge in [-0.2, -0.15) is 0 Å². The molecular formula is C13H20N2O4. The third kappa shape index (κ3) is 4.50. The van der Waals surface area contributed by atoms with Gasteiger partial charge in [0.15, 0.2) is 0 Å². The van der Waals surface area contributed by atoms with Crippen LogP contribution in [-0.2, 0) is 14.3 Å². The molecule has 1 fully saturated rings. The Morgan fingerprint density at radius 3 is 2.53 bits per heavy atom. The van der Waals surface area contributed by atoms with Crippen LogP contribution in [0.2, 0.25) is 0 Å². The molecule has 0 saturated carbocycles. The number of nitrogens with zero attached hydrogens (tertiary/aromatic N) is 2. The number of hydrogen-bond acceptors (Lipinski definition) is 4. The third-order valence-electron chi connectivity index (χ3n) is 2.91. The summed E-state index contributed by atoms with van der Waals surface area (Å²) < 4.78 is 5.13. The fourth-order valence-electron chi connectivity index (χ4n) is 1.92. The van der Waals surface area contributed by atoms with Gasteiger partial charge in [0.05, 0.1) is 19.8 Å². The van der Waals surface area contributed by atoms with Crippen LogP contribution >= 0.6 is 0 Å². The summed E-state index contributed by atoms with van der Waals surface area (Å²) >= 11 is 0. The molecule has 19 heavy (non-hydrogen) atoms. The summed E-state index contributed by atoms with van der Waals surface area (Å²) in [5, 5.41) is 9.09. The number of rotatable bonds is 7. The topological polar surface area (TPSA) is 70.1 Å². The van der Waals surface area contributed by atoms with Gasteiger partial charge >= 0.3 is 5.97 Å². The standard InChI is InChI=1S/C13H20N2O4/c1-3-5-14(6-4-2)12(16)9-15-7-8-19-10-11(15)13(17)18/h3-4,11H,1-2,5-10H2,(H,17,18). The van der Waals surface area contributed by atoms with Crippen molar-refractivity contribution in [3.63, 3.8) is 0 Å². The summed E-state index contributed by atoms with van der Waals surface area (Å²) in [6, 6.07) is -0.757. The molecule has 0 radical (unpaired) electrons. The van der Waals surface area contributed by atoms with Gasteiger partial charge in [-0.3, -0.25) is 14.5 Å². The number of carboxylic acids is 1. The molecule has 0 bridgehead atoms. The molecule has 1 rings (SSSR count). The highest BCUT2D eigenvalue weighted by Crippen LogP contribution is 2.08. The van der Waals surface area contributed by atoms with Gasteiger partial charge in [-0.15, -0.1) is 13.2 Å². The van der Waals surface area contributed by atoms with Crippen molar-refractivity contribution in [2.24, 2.45) is 0 Å². The third-order valence-corrected chi connectivity index (χ3v) is 2.91. The number of hydrogen-bond donors (Lipinski definition) is 1. The van der Waals surface area contributed by atoms with Crippen molar-refractivity contribution < 1.29 is 19.4 Å². The van der Waals surface area contributed by atoms with Gasteiger partial charge in [0.25, 0.3) is 0 Å². The van der Waals surface area contributed by atoms with Crippen molar-refractivity contribution in [1.29, 1.82) is 0 Å². The number of carbonyl (C=O) groups is 2. The smallest absolute Gasteiger partial charge is 0.323 e. The van der Waals surface area contributed by atoms with Crippen molar-refractivity contribution in [3.8, 4) is 0 Å². The number of aliphatic carboxylic acids is 1. The molecule has 1 unspecified atom stereocenters. The van der Waals surface area contributed by atoms with E-state index in [1.807, 2.05) is 0 Å². The van der Waals surface area contributed by atoms with Gasteiger partial charge in [0.2, 0.25) is 5.91 Å². The predicted molar refractivity (Wildman–Crippen MR) is 70.8 cm³/mol. The number of ether oxygens (including phenoxy) is 1.